The predicted octanol–water partition coefficient (Wildman–Crippen LogP) is 9.11. The van der Waals surface area contributed by atoms with E-state index in [1.807, 2.05) is 54.6 Å². The van der Waals surface area contributed by atoms with Crippen molar-refractivity contribution in [3.8, 4) is 34.1 Å². The second-order valence-corrected chi connectivity index (χ2v) is 13.4. The van der Waals surface area contributed by atoms with Crippen LogP contribution in [0.1, 0.15) is 60.3 Å². The molecule has 8 rings (SSSR count). The molecule has 6 aromatic rings. The van der Waals surface area contributed by atoms with E-state index in [0.29, 0.717) is 33.6 Å². The minimum atomic E-state index is -1.49. The van der Waals surface area contributed by atoms with Gasteiger partial charge in [-0.3, -0.25) is 19.2 Å². The number of carbonyl (C=O) groups excluding carboxylic acids is 5. The minimum absolute atomic E-state index is 0.0866. The first-order chi connectivity index (χ1) is 26.8. The highest BCUT2D eigenvalue weighted by molar-refractivity contribution is 6.32. The molecule has 0 saturated heterocycles. The molecular formula is C44H33ClO11. The van der Waals surface area contributed by atoms with E-state index < -0.39 is 35.4 Å². The Morgan fingerprint density at radius 3 is 1.68 bits per heavy atom. The number of benzene rings is 6. The van der Waals surface area contributed by atoms with Crippen molar-refractivity contribution in [1.29, 1.82) is 0 Å². The van der Waals surface area contributed by atoms with Crippen LogP contribution < -0.4 is 14.2 Å². The van der Waals surface area contributed by atoms with Crippen molar-refractivity contribution < 1.29 is 52.4 Å². The summed E-state index contributed by atoms with van der Waals surface area (Å²) >= 11 is 6.68. The molecule has 2 aliphatic heterocycles. The summed E-state index contributed by atoms with van der Waals surface area (Å²) < 4.78 is 32.7. The summed E-state index contributed by atoms with van der Waals surface area (Å²) in [6.07, 6.45) is 0. The second-order valence-electron chi connectivity index (χ2n) is 13.0. The number of carbonyl (C=O) groups is 5. The molecule has 1 atom stereocenters. The Bertz CT molecular complexity index is 2580. The van der Waals surface area contributed by atoms with Gasteiger partial charge in [-0.25, -0.2) is 4.79 Å². The number of hydrogen-bond acceptors (Lipinski definition) is 11. The Kier molecular flexibility index (Phi) is 9.96. The SMILES string of the molecule is CC(=O)OCOC(C)=O.CC(=O)Oc1cc2c(cc1Cl)C1(OC(=O)c3ccccc31)c1cc(-c3c4ccccc4c(C)c4ccccc34)c(OC(C)=O)cc1O2. The summed E-state index contributed by atoms with van der Waals surface area (Å²) in [5, 5.41) is 4.15. The Hall–Kier alpha value is -6.72. The zero-order chi connectivity index (χ0) is 39.9. The van der Waals surface area contributed by atoms with Gasteiger partial charge in [0.15, 0.2) is 11.4 Å². The molecule has 6 aromatic carbocycles. The van der Waals surface area contributed by atoms with Gasteiger partial charge in [0.1, 0.15) is 17.2 Å². The lowest BCUT2D eigenvalue weighted by Gasteiger charge is -2.37. The first-order valence-electron chi connectivity index (χ1n) is 17.4. The van der Waals surface area contributed by atoms with Crippen LogP contribution >= 0.6 is 11.6 Å². The average molecular weight is 773 g/mol. The van der Waals surface area contributed by atoms with Crippen molar-refractivity contribution in [2.24, 2.45) is 0 Å². The van der Waals surface area contributed by atoms with Crippen LogP contribution in [-0.2, 0) is 39.0 Å². The third-order valence-corrected chi connectivity index (χ3v) is 9.66. The molecule has 0 amide bonds. The first-order valence-corrected chi connectivity index (χ1v) is 17.7. The zero-order valence-electron chi connectivity index (χ0n) is 30.8. The fourth-order valence-corrected chi connectivity index (χ4v) is 7.40. The zero-order valence-corrected chi connectivity index (χ0v) is 31.6. The number of aryl methyl sites for hydroxylation is 1. The quantitative estimate of drug-likeness (QED) is 0.0717. The van der Waals surface area contributed by atoms with Gasteiger partial charge in [-0.1, -0.05) is 78.3 Å². The Labute approximate surface area is 325 Å². The fraction of sp³-hybridized carbons (Fsp3) is 0.159. The number of fused-ring (bicyclic) bond motifs is 8. The summed E-state index contributed by atoms with van der Waals surface area (Å²) in [6.45, 7) is 6.90. The van der Waals surface area contributed by atoms with Gasteiger partial charge >= 0.3 is 29.8 Å². The summed E-state index contributed by atoms with van der Waals surface area (Å²) in [4.78, 5) is 58.1. The summed E-state index contributed by atoms with van der Waals surface area (Å²) in [7, 11) is 0. The van der Waals surface area contributed by atoms with E-state index in [1.165, 1.54) is 33.8 Å². The smallest absolute Gasteiger partial charge is 0.340 e. The Balaban J connectivity index is 0.000000478. The van der Waals surface area contributed by atoms with E-state index >= 15 is 0 Å². The van der Waals surface area contributed by atoms with Crippen LogP contribution in [0.15, 0.2) is 97.1 Å². The third kappa shape index (κ3) is 6.66. The molecule has 1 spiro atoms. The lowest BCUT2D eigenvalue weighted by atomic mass is 9.76. The standard InChI is InChI=1S/C39H25ClO7.C5H8O4/c1-20-23-10-4-6-12-25(23)37(26-13-7-5-11-24(20)26)28-16-30-34(18-33(28)44-21(2)41)46-35-19-36(45-22(3)42)32(40)17-31(35)39(30)29-15-9-8-14-27(29)38(43)47-39;1-4(6)8-3-9-5(2)7/h4-19H,1-3H3;3H2,1-2H3. The number of ether oxygens (including phenoxy) is 6. The molecule has 0 aromatic heterocycles. The Morgan fingerprint density at radius 1 is 0.607 bits per heavy atom. The molecule has 56 heavy (non-hydrogen) atoms. The summed E-state index contributed by atoms with van der Waals surface area (Å²) in [5.41, 5.74) is 3.05. The largest absolute Gasteiger partial charge is 0.456 e. The van der Waals surface area contributed by atoms with Crippen molar-refractivity contribution in [2.75, 3.05) is 6.79 Å². The van der Waals surface area contributed by atoms with E-state index in [4.69, 9.17) is 30.5 Å². The van der Waals surface area contributed by atoms with Crippen LogP contribution in [0.2, 0.25) is 5.02 Å². The summed E-state index contributed by atoms with van der Waals surface area (Å²) in [6, 6.07) is 30.0. The van der Waals surface area contributed by atoms with Crippen molar-refractivity contribution >= 4 is 63.0 Å². The molecule has 11 nitrogen and oxygen atoms in total. The van der Waals surface area contributed by atoms with Crippen LogP contribution in [0, 0.1) is 6.92 Å². The average Bonchev–Trinajstić information content (AvgIpc) is 3.45. The topological polar surface area (TPSA) is 141 Å². The van der Waals surface area contributed by atoms with Crippen LogP contribution in [-0.4, -0.2) is 36.6 Å². The maximum atomic E-state index is 13.6. The van der Waals surface area contributed by atoms with Crippen molar-refractivity contribution in [1.82, 2.24) is 0 Å². The van der Waals surface area contributed by atoms with Gasteiger partial charge in [0.2, 0.25) is 6.79 Å². The highest BCUT2D eigenvalue weighted by atomic mass is 35.5. The van der Waals surface area contributed by atoms with Crippen LogP contribution in [0.3, 0.4) is 0 Å². The van der Waals surface area contributed by atoms with E-state index in [0.717, 1.165) is 32.7 Å². The number of esters is 5. The van der Waals surface area contributed by atoms with Crippen LogP contribution in [0.4, 0.5) is 0 Å². The maximum Gasteiger partial charge on any atom is 0.340 e. The summed E-state index contributed by atoms with van der Waals surface area (Å²) in [5.74, 6) is -1.61. The molecule has 0 radical (unpaired) electrons. The molecule has 282 valence electrons. The fourth-order valence-electron chi connectivity index (χ4n) is 7.20. The van der Waals surface area contributed by atoms with Gasteiger partial charge < -0.3 is 28.4 Å². The highest BCUT2D eigenvalue weighted by Crippen LogP contribution is 2.59. The highest BCUT2D eigenvalue weighted by Gasteiger charge is 2.54. The van der Waals surface area contributed by atoms with E-state index in [2.05, 4.69) is 28.5 Å². The molecule has 2 heterocycles. The van der Waals surface area contributed by atoms with Crippen LogP contribution in [0.5, 0.6) is 23.0 Å². The van der Waals surface area contributed by atoms with E-state index in [-0.39, 0.29) is 29.1 Å². The molecule has 2 aliphatic rings. The number of halogens is 1. The van der Waals surface area contributed by atoms with Crippen molar-refractivity contribution in [3.63, 3.8) is 0 Å². The lowest BCUT2D eigenvalue weighted by molar-refractivity contribution is -0.164. The van der Waals surface area contributed by atoms with Gasteiger partial charge in [0.25, 0.3) is 0 Å². The van der Waals surface area contributed by atoms with E-state index in [9.17, 15) is 24.0 Å². The molecule has 0 fully saturated rings. The van der Waals surface area contributed by atoms with E-state index in [1.54, 1.807) is 24.3 Å². The Morgan fingerprint density at radius 2 is 1.11 bits per heavy atom. The number of hydrogen-bond donors (Lipinski definition) is 0. The molecule has 12 heteroatoms. The van der Waals surface area contributed by atoms with Crippen LogP contribution in [0.25, 0.3) is 32.7 Å². The van der Waals surface area contributed by atoms with Gasteiger partial charge in [0, 0.05) is 67.6 Å². The molecule has 0 saturated carbocycles. The molecule has 1 unspecified atom stereocenters. The first kappa shape index (κ1) is 37.6. The molecule has 0 bridgehead atoms. The molecule has 0 N–H and O–H groups in total. The predicted molar refractivity (Wildman–Crippen MR) is 206 cm³/mol. The molecule has 0 aliphatic carbocycles. The van der Waals surface area contributed by atoms with Gasteiger partial charge in [0.05, 0.1) is 10.6 Å². The van der Waals surface area contributed by atoms with Crippen molar-refractivity contribution in [2.45, 2.75) is 40.2 Å². The lowest BCUT2D eigenvalue weighted by Crippen LogP contribution is -2.33. The maximum absolute atomic E-state index is 13.6. The third-order valence-electron chi connectivity index (χ3n) is 9.37. The van der Waals surface area contributed by atoms with Crippen molar-refractivity contribution in [3.05, 3.63) is 130 Å². The second kappa shape index (κ2) is 14.8. The van der Waals surface area contributed by atoms with Gasteiger partial charge in [-0.2, -0.15) is 0 Å². The number of rotatable bonds is 5. The normalized spacial score (nSPS) is 14.6. The minimum Gasteiger partial charge on any atom is -0.456 e. The monoisotopic (exact) mass is 772 g/mol. The molecular weight excluding hydrogens is 740 g/mol. The van der Waals surface area contributed by atoms with Gasteiger partial charge in [-0.15, -0.1) is 0 Å². The van der Waals surface area contributed by atoms with Gasteiger partial charge in [-0.05, 0) is 52.2 Å².